The molecule has 0 spiro atoms. The number of nitrogens with one attached hydrogen (secondary N) is 1. The Morgan fingerprint density at radius 2 is 2.29 bits per heavy atom. The maximum absolute atomic E-state index is 13.1. The first kappa shape index (κ1) is 13.2. The van der Waals surface area contributed by atoms with Gasteiger partial charge >= 0.3 is 5.97 Å². The standard InChI is InChI=1S/C11H15FN2O3/c1-17-6-2-5-14-8-4-3-7(12)10(13)9(8)11(15)16/h3-4,14H,2,5-6,13H2,1H3,(H,15,16). The largest absolute Gasteiger partial charge is 0.478 e. The molecule has 1 aromatic rings. The summed E-state index contributed by atoms with van der Waals surface area (Å²) in [6.45, 7) is 1.09. The monoisotopic (exact) mass is 242 g/mol. The van der Waals surface area contributed by atoms with Crippen LogP contribution in [-0.4, -0.2) is 31.3 Å². The van der Waals surface area contributed by atoms with Crippen LogP contribution in [0.2, 0.25) is 0 Å². The molecule has 0 atom stereocenters. The van der Waals surface area contributed by atoms with Crippen molar-refractivity contribution in [1.82, 2.24) is 0 Å². The highest BCUT2D eigenvalue weighted by Gasteiger charge is 2.16. The molecule has 17 heavy (non-hydrogen) atoms. The van der Waals surface area contributed by atoms with Gasteiger partial charge in [-0.3, -0.25) is 0 Å². The first-order valence-corrected chi connectivity index (χ1v) is 5.12. The van der Waals surface area contributed by atoms with Gasteiger partial charge in [0.1, 0.15) is 11.4 Å². The van der Waals surface area contributed by atoms with Crippen LogP contribution < -0.4 is 11.1 Å². The van der Waals surface area contributed by atoms with E-state index in [4.69, 9.17) is 15.6 Å². The van der Waals surface area contributed by atoms with E-state index in [2.05, 4.69) is 5.32 Å². The van der Waals surface area contributed by atoms with Crippen molar-refractivity contribution in [2.75, 3.05) is 31.3 Å². The molecule has 0 aliphatic carbocycles. The predicted molar refractivity (Wildman–Crippen MR) is 62.8 cm³/mol. The lowest BCUT2D eigenvalue weighted by molar-refractivity contribution is 0.0698. The molecular formula is C11H15FN2O3. The molecule has 94 valence electrons. The number of carboxylic acids is 1. The maximum atomic E-state index is 13.1. The lowest BCUT2D eigenvalue weighted by atomic mass is 10.1. The summed E-state index contributed by atoms with van der Waals surface area (Å²) in [5.74, 6) is -1.99. The summed E-state index contributed by atoms with van der Waals surface area (Å²) < 4.78 is 18.0. The summed E-state index contributed by atoms with van der Waals surface area (Å²) in [4.78, 5) is 11.0. The van der Waals surface area contributed by atoms with Gasteiger partial charge in [-0.2, -0.15) is 0 Å². The van der Waals surface area contributed by atoms with Gasteiger partial charge < -0.3 is 20.9 Å². The highest BCUT2D eigenvalue weighted by molar-refractivity contribution is 6.00. The van der Waals surface area contributed by atoms with Crippen LogP contribution in [0.1, 0.15) is 16.8 Å². The fourth-order valence-corrected chi connectivity index (χ4v) is 1.41. The van der Waals surface area contributed by atoms with Crippen LogP contribution in [-0.2, 0) is 4.74 Å². The second kappa shape index (κ2) is 6.05. The SMILES string of the molecule is COCCCNc1ccc(F)c(N)c1C(=O)O. The molecule has 0 unspecified atom stereocenters. The Morgan fingerprint density at radius 1 is 1.59 bits per heavy atom. The Balaban J connectivity index is 2.84. The van der Waals surface area contributed by atoms with Crippen molar-refractivity contribution in [3.05, 3.63) is 23.5 Å². The molecule has 0 fully saturated rings. The van der Waals surface area contributed by atoms with Crippen molar-refractivity contribution in [1.29, 1.82) is 0 Å². The van der Waals surface area contributed by atoms with E-state index >= 15 is 0 Å². The summed E-state index contributed by atoms with van der Waals surface area (Å²) in [7, 11) is 1.58. The number of nitrogen functional groups attached to an aromatic ring is 1. The summed E-state index contributed by atoms with van der Waals surface area (Å²) >= 11 is 0. The lowest BCUT2D eigenvalue weighted by Gasteiger charge is -2.11. The molecule has 0 aliphatic heterocycles. The van der Waals surface area contributed by atoms with Gasteiger partial charge in [0.15, 0.2) is 0 Å². The third-order valence-electron chi connectivity index (χ3n) is 2.25. The smallest absolute Gasteiger partial charge is 0.340 e. The number of aromatic carboxylic acids is 1. The van der Waals surface area contributed by atoms with Gasteiger partial charge in [-0.1, -0.05) is 0 Å². The van der Waals surface area contributed by atoms with Crippen molar-refractivity contribution in [2.45, 2.75) is 6.42 Å². The van der Waals surface area contributed by atoms with E-state index < -0.39 is 11.8 Å². The fourth-order valence-electron chi connectivity index (χ4n) is 1.41. The van der Waals surface area contributed by atoms with Gasteiger partial charge in [0.2, 0.25) is 0 Å². The van der Waals surface area contributed by atoms with Gasteiger partial charge in [0.25, 0.3) is 0 Å². The van der Waals surface area contributed by atoms with E-state index in [1.807, 2.05) is 0 Å². The molecule has 0 heterocycles. The number of ether oxygens (including phenoxy) is 1. The minimum atomic E-state index is -1.25. The average molecular weight is 242 g/mol. The molecule has 0 saturated carbocycles. The number of carbonyl (C=O) groups is 1. The van der Waals surface area contributed by atoms with Crippen molar-refractivity contribution in [3.63, 3.8) is 0 Å². The number of nitrogens with two attached hydrogens (primary N) is 1. The first-order chi connectivity index (χ1) is 8.07. The normalized spacial score (nSPS) is 10.2. The lowest BCUT2D eigenvalue weighted by Crippen LogP contribution is -2.12. The van der Waals surface area contributed by atoms with Crippen molar-refractivity contribution in [2.24, 2.45) is 0 Å². The molecular weight excluding hydrogens is 227 g/mol. The van der Waals surface area contributed by atoms with Gasteiger partial charge in [-0.25, -0.2) is 9.18 Å². The van der Waals surface area contributed by atoms with Crippen molar-refractivity contribution in [3.8, 4) is 0 Å². The van der Waals surface area contributed by atoms with Gasteiger partial charge in [-0.05, 0) is 18.6 Å². The molecule has 6 heteroatoms. The summed E-state index contributed by atoms with van der Waals surface area (Å²) in [5.41, 5.74) is 5.12. The van der Waals surface area contributed by atoms with E-state index in [1.54, 1.807) is 7.11 Å². The summed E-state index contributed by atoms with van der Waals surface area (Å²) in [6, 6.07) is 2.50. The Labute approximate surface area is 98.4 Å². The molecule has 0 bridgehead atoms. The topological polar surface area (TPSA) is 84.6 Å². The van der Waals surface area contributed by atoms with Crippen LogP contribution in [0.4, 0.5) is 15.8 Å². The molecule has 0 aliphatic rings. The summed E-state index contributed by atoms with van der Waals surface area (Å²) in [5, 5.41) is 11.9. The third-order valence-corrected chi connectivity index (χ3v) is 2.25. The van der Waals surface area contributed by atoms with Crippen molar-refractivity contribution >= 4 is 17.3 Å². The molecule has 1 rings (SSSR count). The number of halogens is 1. The van der Waals surface area contributed by atoms with Gasteiger partial charge in [-0.15, -0.1) is 0 Å². The van der Waals surface area contributed by atoms with Crippen LogP contribution >= 0.6 is 0 Å². The Kier molecular flexibility index (Phi) is 4.71. The highest BCUT2D eigenvalue weighted by atomic mass is 19.1. The van der Waals surface area contributed by atoms with Crippen LogP contribution in [0.3, 0.4) is 0 Å². The van der Waals surface area contributed by atoms with Gasteiger partial charge in [0.05, 0.1) is 11.4 Å². The Morgan fingerprint density at radius 3 is 2.88 bits per heavy atom. The minimum Gasteiger partial charge on any atom is -0.478 e. The Bertz CT molecular complexity index is 410. The second-order valence-corrected chi connectivity index (χ2v) is 3.46. The van der Waals surface area contributed by atoms with E-state index in [0.717, 1.165) is 6.07 Å². The molecule has 4 N–H and O–H groups in total. The van der Waals surface area contributed by atoms with Crippen LogP contribution in [0.15, 0.2) is 12.1 Å². The molecule has 0 amide bonds. The number of rotatable bonds is 6. The van der Waals surface area contributed by atoms with Crippen molar-refractivity contribution < 1.29 is 19.0 Å². The third kappa shape index (κ3) is 3.32. The predicted octanol–water partition coefficient (Wildman–Crippen LogP) is 1.55. The maximum Gasteiger partial charge on any atom is 0.340 e. The highest BCUT2D eigenvalue weighted by Crippen LogP contribution is 2.25. The van der Waals surface area contributed by atoms with Crippen LogP contribution in [0.25, 0.3) is 0 Å². The van der Waals surface area contributed by atoms with E-state index in [-0.39, 0.29) is 11.3 Å². The van der Waals surface area contributed by atoms with Crippen LogP contribution in [0.5, 0.6) is 0 Å². The number of methoxy groups -OCH3 is 1. The number of benzene rings is 1. The van der Waals surface area contributed by atoms with E-state index in [1.165, 1.54) is 6.07 Å². The van der Waals surface area contributed by atoms with E-state index in [0.29, 0.717) is 25.3 Å². The molecule has 5 nitrogen and oxygen atoms in total. The fraction of sp³-hybridized carbons (Fsp3) is 0.364. The number of hydrogen-bond acceptors (Lipinski definition) is 4. The molecule has 0 aromatic heterocycles. The first-order valence-electron chi connectivity index (χ1n) is 5.12. The zero-order chi connectivity index (χ0) is 12.8. The number of carboxylic acid groups (broad SMARTS) is 1. The second-order valence-electron chi connectivity index (χ2n) is 3.46. The number of anilines is 2. The summed E-state index contributed by atoms with van der Waals surface area (Å²) in [6.07, 6.45) is 0.715. The average Bonchev–Trinajstić information content (AvgIpc) is 2.28. The number of hydrogen-bond donors (Lipinski definition) is 3. The zero-order valence-electron chi connectivity index (χ0n) is 9.50. The molecule has 0 radical (unpaired) electrons. The Hall–Kier alpha value is -1.82. The van der Waals surface area contributed by atoms with Crippen LogP contribution in [0, 0.1) is 5.82 Å². The molecule has 0 saturated heterocycles. The van der Waals surface area contributed by atoms with E-state index in [9.17, 15) is 9.18 Å². The minimum absolute atomic E-state index is 0.234. The van der Waals surface area contributed by atoms with Gasteiger partial charge in [0, 0.05) is 20.3 Å². The quantitative estimate of drug-likeness (QED) is 0.520. The molecule has 1 aromatic carbocycles. The zero-order valence-corrected chi connectivity index (χ0v) is 9.50.